The Labute approximate surface area is 165 Å². The van der Waals surface area contributed by atoms with E-state index in [1.54, 1.807) is 12.7 Å². The number of hydrogen-bond acceptors (Lipinski definition) is 5. The van der Waals surface area contributed by atoms with Crippen LogP contribution >= 0.6 is 0 Å². The van der Waals surface area contributed by atoms with Crippen LogP contribution < -0.4 is 10.2 Å². The Morgan fingerprint density at radius 2 is 2.00 bits per heavy atom. The molecule has 0 bridgehead atoms. The average Bonchev–Trinajstić information content (AvgIpc) is 3.26. The lowest BCUT2D eigenvalue weighted by atomic mass is 9.85. The Bertz CT molecular complexity index is 938. The summed E-state index contributed by atoms with van der Waals surface area (Å²) in [7, 11) is 0. The molecule has 146 valence electrons. The van der Waals surface area contributed by atoms with E-state index in [1.165, 1.54) is 31.2 Å². The molecule has 2 N–H and O–H groups in total. The number of aromatic nitrogens is 4. The van der Waals surface area contributed by atoms with E-state index in [4.69, 9.17) is 4.98 Å². The Balaban J connectivity index is 1.58. The largest absolute Gasteiger partial charge is 0.347 e. The number of H-pyrrole nitrogens is 1. The first-order valence-electron chi connectivity index (χ1n) is 10.5. The van der Waals surface area contributed by atoms with Gasteiger partial charge in [0.25, 0.3) is 0 Å². The van der Waals surface area contributed by atoms with Crippen LogP contribution in [0, 0.1) is 0 Å². The van der Waals surface area contributed by atoms with E-state index in [0.29, 0.717) is 12.1 Å². The lowest BCUT2D eigenvalue weighted by Crippen LogP contribution is -2.54. The molecule has 2 aliphatic heterocycles. The molecule has 2 aromatic heterocycles. The van der Waals surface area contributed by atoms with E-state index in [0.717, 1.165) is 36.4 Å². The quantitative estimate of drug-likeness (QED) is 0.733. The lowest BCUT2D eigenvalue weighted by molar-refractivity contribution is 0.286. The van der Waals surface area contributed by atoms with Crippen LogP contribution in [0.1, 0.15) is 44.6 Å². The highest BCUT2D eigenvalue weighted by Crippen LogP contribution is 2.42. The molecule has 2 fully saturated rings. The van der Waals surface area contributed by atoms with Crippen molar-refractivity contribution in [1.29, 1.82) is 0 Å². The summed E-state index contributed by atoms with van der Waals surface area (Å²) >= 11 is 0. The maximum Gasteiger partial charge on any atom is 0.182 e. The van der Waals surface area contributed by atoms with E-state index in [1.807, 2.05) is 0 Å². The zero-order valence-corrected chi connectivity index (χ0v) is 16.4. The fourth-order valence-corrected chi connectivity index (χ4v) is 5.27. The van der Waals surface area contributed by atoms with E-state index >= 15 is 0 Å². The number of fused-ring (bicyclic) bond motifs is 2. The zero-order chi connectivity index (χ0) is 19.0. The fraction of sp³-hybridized carbons (Fsp3) is 0.500. The van der Waals surface area contributed by atoms with Gasteiger partial charge in [0.15, 0.2) is 11.5 Å². The van der Waals surface area contributed by atoms with Gasteiger partial charge in [-0.3, -0.25) is 0 Å². The summed E-state index contributed by atoms with van der Waals surface area (Å²) < 4.78 is 0. The van der Waals surface area contributed by atoms with Crippen molar-refractivity contribution < 1.29 is 0 Å². The SMILES string of the molecule is C[C@]12C[C@@H](Cc3ccccc3)N(c3ncnc4nc[nH]c34)C1CCCCCN2. The molecule has 5 rings (SSSR count). The highest BCUT2D eigenvalue weighted by molar-refractivity contribution is 5.83. The minimum absolute atomic E-state index is 0.0944. The third-order valence-electron chi connectivity index (χ3n) is 6.57. The third-order valence-corrected chi connectivity index (χ3v) is 6.57. The molecule has 6 nitrogen and oxygen atoms in total. The Hall–Kier alpha value is -2.47. The average molecular weight is 377 g/mol. The summed E-state index contributed by atoms with van der Waals surface area (Å²) in [6.07, 6.45) is 10.5. The summed E-state index contributed by atoms with van der Waals surface area (Å²) in [5, 5.41) is 3.91. The molecular weight excluding hydrogens is 348 g/mol. The number of nitrogens with zero attached hydrogens (tertiary/aromatic N) is 4. The van der Waals surface area contributed by atoms with Gasteiger partial charge in [0.05, 0.1) is 6.33 Å². The Morgan fingerprint density at radius 3 is 2.89 bits per heavy atom. The van der Waals surface area contributed by atoms with Gasteiger partial charge in [-0.15, -0.1) is 0 Å². The molecule has 28 heavy (non-hydrogen) atoms. The van der Waals surface area contributed by atoms with Crippen molar-refractivity contribution in [3.05, 3.63) is 48.5 Å². The topological polar surface area (TPSA) is 69.7 Å². The van der Waals surface area contributed by atoms with Gasteiger partial charge in [0.2, 0.25) is 0 Å². The van der Waals surface area contributed by atoms with Crippen molar-refractivity contribution in [3.63, 3.8) is 0 Å². The summed E-state index contributed by atoms with van der Waals surface area (Å²) in [4.78, 5) is 19.3. The molecule has 2 aliphatic rings. The summed E-state index contributed by atoms with van der Waals surface area (Å²) in [5.74, 6) is 1.000. The summed E-state index contributed by atoms with van der Waals surface area (Å²) in [6, 6.07) is 11.6. The van der Waals surface area contributed by atoms with E-state index in [2.05, 4.69) is 62.4 Å². The molecule has 0 saturated carbocycles. The Kier molecular flexibility index (Phi) is 4.51. The monoisotopic (exact) mass is 376 g/mol. The van der Waals surface area contributed by atoms with Crippen molar-refractivity contribution in [2.45, 2.75) is 63.1 Å². The Morgan fingerprint density at radius 1 is 1.11 bits per heavy atom. The highest BCUT2D eigenvalue weighted by Gasteiger charge is 2.49. The van der Waals surface area contributed by atoms with Crippen LogP contribution in [0.15, 0.2) is 43.0 Å². The van der Waals surface area contributed by atoms with E-state index in [9.17, 15) is 0 Å². The van der Waals surface area contributed by atoms with Crippen molar-refractivity contribution in [2.24, 2.45) is 0 Å². The van der Waals surface area contributed by atoms with Gasteiger partial charge < -0.3 is 15.2 Å². The van der Waals surface area contributed by atoms with Gasteiger partial charge in [0, 0.05) is 17.6 Å². The maximum atomic E-state index is 4.74. The van der Waals surface area contributed by atoms with Crippen molar-refractivity contribution in [3.8, 4) is 0 Å². The number of rotatable bonds is 3. The van der Waals surface area contributed by atoms with Crippen LogP contribution in [0.3, 0.4) is 0 Å². The van der Waals surface area contributed by atoms with Crippen LogP contribution in [-0.4, -0.2) is 44.1 Å². The van der Waals surface area contributed by atoms with Crippen LogP contribution in [0.25, 0.3) is 11.2 Å². The van der Waals surface area contributed by atoms with Crippen LogP contribution in [0.5, 0.6) is 0 Å². The number of hydrogen-bond donors (Lipinski definition) is 2. The van der Waals surface area contributed by atoms with E-state index < -0.39 is 0 Å². The molecule has 4 heterocycles. The fourth-order valence-electron chi connectivity index (χ4n) is 5.27. The van der Waals surface area contributed by atoms with Gasteiger partial charge in [-0.1, -0.05) is 43.2 Å². The molecule has 3 atom stereocenters. The van der Waals surface area contributed by atoms with Crippen LogP contribution in [-0.2, 0) is 6.42 Å². The minimum atomic E-state index is 0.0944. The minimum Gasteiger partial charge on any atom is -0.347 e. The molecular formula is C22H28N6. The smallest absolute Gasteiger partial charge is 0.182 e. The summed E-state index contributed by atoms with van der Waals surface area (Å²) in [6.45, 7) is 3.51. The number of benzene rings is 1. The zero-order valence-electron chi connectivity index (χ0n) is 16.4. The normalized spacial score (nSPS) is 28.1. The number of imidazole rings is 1. The molecule has 1 aromatic carbocycles. The number of aromatic amines is 1. The van der Waals surface area contributed by atoms with E-state index in [-0.39, 0.29) is 5.54 Å². The second-order valence-electron chi connectivity index (χ2n) is 8.46. The molecule has 0 spiro atoms. The second kappa shape index (κ2) is 7.17. The van der Waals surface area contributed by atoms with Crippen molar-refractivity contribution in [1.82, 2.24) is 25.3 Å². The first kappa shape index (κ1) is 17.6. The van der Waals surface area contributed by atoms with Crippen molar-refractivity contribution in [2.75, 3.05) is 11.4 Å². The third kappa shape index (κ3) is 3.05. The lowest BCUT2D eigenvalue weighted by Gasteiger charge is -2.39. The van der Waals surface area contributed by atoms with Gasteiger partial charge in [-0.2, -0.15) is 0 Å². The van der Waals surface area contributed by atoms with Gasteiger partial charge in [-0.25, -0.2) is 15.0 Å². The predicted molar refractivity (Wildman–Crippen MR) is 111 cm³/mol. The first-order chi connectivity index (χ1) is 13.7. The van der Waals surface area contributed by atoms with Crippen LogP contribution in [0.2, 0.25) is 0 Å². The highest BCUT2D eigenvalue weighted by atomic mass is 15.3. The summed E-state index contributed by atoms with van der Waals surface area (Å²) in [5.41, 5.74) is 3.17. The number of anilines is 1. The molecule has 0 aliphatic carbocycles. The standard InChI is InChI=1S/C22H28N6/c1-22-13-17(12-16-8-4-2-5-9-16)28(18(22)10-6-3-7-11-27-22)21-19-20(24-14-23-19)25-15-26-21/h2,4-5,8-9,14-15,17-18,27H,3,6-7,10-13H2,1H3,(H,23,24,25,26)/t17-,18?,22+/m1/s1. The van der Waals surface area contributed by atoms with Gasteiger partial charge in [-0.05, 0) is 44.7 Å². The molecule has 1 unspecified atom stereocenters. The molecule has 3 aromatic rings. The molecule has 6 heteroatoms. The van der Waals surface area contributed by atoms with Crippen LogP contribution in [0.4, 0.5) is 5.82 Å². The molecule has 0 radical (unpaired) electrons. The van der Waals surface area contributed by atoms with Crippen molar-refractivity contribution >= 4 is 17.0 Å². The second-order valence-corrected chi connectivity index (χ2v) is 8.46. The van der Waals surface area contributed by atoms with Gasteiger partial charge >= 0.3 is 0 Å². The molecule has 2 saturated heterocycles. The maximum absolute atomic E-state index is 4.74. The first-order valence-corrected chi connectivity index (χ1v) is 10.5. The van der Waals surface area contributed by atoms with Gasteiger partial charge in [0.1, 0.15) is 11.8 Å². The predicted octanol–water partition coefficient (Wildman–Crippen LogP) is 3.47. The molecule has 0 amide bonds. The number of nitrogens with one attached hydrogen (secondary N) is 2.